The molecule has 1 unspecified atom stereocenters. The van der Waals surface area contributed by atoms with E-state index in [1.54, 1.807) is 15.9 Å². The first-order chi connectivity index (χ1) is 19.4. The summed E-state index contributed by atoms with van der Waals surface area (Å²) in [5, 5.41) is 15.7. The molecule has 2 aliphatic heterocycles. The molecular weight excluding hydrogens is 524 g/mol. The molecular formula is C29H34N8O2S. The number of carbonyl (C=O) groups excluding carboxylic acids is 2. The van der Waals surface area contributed by atoms with E-state index in [9.17, 15) is 9.59 Å². The van der Waals surface area contributed by atoms with Gasteiger partial charge in [0.25, 0.3) is 11.8 Å². The Morgan fingerprint density at radius 3 is 2.35 bits per heavy atom. The Morgan fingerprint density at radius 1 is 0.925 bits per heavy atom. The molecule has 2 fully saturated rings. The molecule has 0 spiro atoms. The number of hydrogen-bond donors (Lipinski definition) is 0. The van der Waals surface area contributed by atoms with Gasteiger partial charge < -0.3 is 9.80 Å². The second kappa shape index (κ2) is 11.1. The zero-order chi connectivity index (χ0) is 27.8. The predicted octanol–water partition coefficient (Wildman–Crippen LogP) is 3.74. The second-order valence-electron chi connectivity index (χ2n) is 10.7. The fraction of sp³-hybridized carbons (Fsp3) is 0.448. The van der Waals surface area contributed by atoms with Gasteiger partial charge in [0.2, 0.25) is 0 Å². The number of amides is 2. The van der Waals surface area contributed by atoms with Crippen LogP contribution in [0.4, 0.5) is 0 Å². The van der Waals surface area contributed by atoms with Crippen LogP contribution in [-0.2, 0) is 0 Å². The summed E-state index contributed by atoms with van der Waals surface area (Å²) in [5.74, 6) is 0.136. The van der Waals surface area contributed by atoms with Crippen molar-refractivity contribution in [1.29, 1.82) is 0 Å². The molecule has 1 atom stereocenters. The highest BCUT2D eigenvalue weighted by Gasteiger charge is 2.31. The van der Waals surface area contributed by atoms with Gasteiger partial charge in [0.1, 0.15) is 5.69 Å². The van der Waals surface area contributed by atoms with Gasteiger partial charge in [0.05, 0.1) is 16.4 Å². The number of likely N-dealkylation sites (tertiary alicyclic amines) is 1. The third-order valence-electron chi connectivity index (χ3n) is 8.23. The van der Waals surface area contributed by atoms with Crippen molar-refractivity contribution in [3.8, 4) is 0 Å². The lowest BCUT2D eigenvalue weighted by molar-refractivity contribution is 0.0577. The van der Waals surface area contributed by atoms with E-state index < -0.39 is 0 Å². The van der Waals surface area contributed by atoms with E-state index in [1.165, 1.54) is 5.56 Å². The summed E-state index contributed by atoms with van der Waals surface area (Å²) in [7, 11) is 0. The molecule has 2 aliphatic rings. The van der Waals surface area contributed by atoms with E-state index >= 15 is 0 Å². The standard InChI is InChI=1S/C29H34N8O2S/c1-19-17-25-31-32-26(21(3)37(25)33-19)29(39)35-11-9-23(10-12-35)27-30-24(18-40-27)28(38)36-15-13-34(14-16-36)20(2)22-7-5-4-6-8-22/h4-8,17-18,20,23H,9-16H2,1-3H3. The van der Waals surface area contributed by atoms with Crippen molar-refractivity contribution >= 4 is 28.8 Å². The first-order valence-corrected chi connectivity index (χ1v) is 14.8. The van der Waals surface area contributed by atoms with Gasteiger partial charge in [-0.15, -0.1) is 21.5 Å². The smallest absolute Gasteiger partial charge is 0.276 e. The van der Waals surface area contributed by atoms with Gasteiger partial charge in [0, 0.05) is 62.7 Å². The number of piperidine rings is 1. The molecule has 6 rings (SSSR count). The number of piperazine rings is 1. The second-order valence-corrected chi connectivity index (χ2v) is 11.6. The minimum Gasteiger partial charge on any atom is -0.337 e. The van der Waals surface area contributed by atoms with Gasteiger partial charge in [-0.2, -0.15) is 5.10 Å². The summed E-state index contributed by atoms with van der Waals surface area (Å²) in [6.07, 6.45) is 1.61. The molecule has 0 aliphatic carbocycles. The van der Waals surface area contributed by atoms with Crippen molar-refractivity contribution in [3.05, 3.63) is 75.1 Å². The maximum Gasteiger partial charge on any atom is 0.276 e. The Morgan fingerprint density at radius 2 is 1.62 bits per heavy atom. The SMILES string of the molecule is Cc1cc2nnc(C(=O)N3CCC(c4nc(C(=O)N5CCN(C(C)c6ccccc6)CC5)cs4)CC3)c(C)n2n1. The van der Waals surface area contributed by atoms with E-state index in [0.29, 0.717) is 54.9 Å². The lowest BCUT2D eigenvalue weighted by Gasteiger charge is -2.38. The van der Waals surface area contributed by atoms with Gasteiger partial charge in [-0.05, 0) is 39.2 Å². The van der Waals surface area contributed by atoms with Crippen LogP contribution in [0, 0.1) is 13.8 Å². The summed E-state index contributed by atoms with van der Waals surface area (Å²) < 4.78 is 1.68. The third kappa shape index (κ3) is 5.11. The summed E-state index contributed by atoms with van der Waals surface area (Å²) >= 11 is 1.56. The zero-order valence-corrected chi connectivity index (χ0v) is 24.0. The minimum atomic E-state index is -0.116. The van der Waals surface area contributed by atoms with Gasteiger partial charge >= 0.3 is 0 Å². The summed E-state index contributed by atoms with van der Waals surface area (Å²) in [6.45, 7) is 10.3. The van der Waals surface area contributed by atoms with Crippen LogP contribution in [-0.4, -0.2) is 90.6 Å². The normalized spacial score (nSPS) is 17.9. The van der Waals surface area contributed by atoms with Crippen LogP contribution < -0.4 is 0 Å². The number of thiazole rings is 1. The molecule has 4 aromatic rings. The molecule has 0 bridgehead atoms. The average molecular weight is 559 g/mol. The monoisotopic (exact) mass is 558 g/mol. The fourth-order valence-corrected chi connectivity index (χ4v) is 6.71. The Labute approximate surface area is 237 Å². The van der Waals surface area contributed by atoms with Gasteiger partial charge in [-0.1, -0.05) is 30.3 Å². The van der Waals surface area contributed by atoms with E-state index in [-0.39, 0.29) is 17.7 Å². The minimum absolute atomic E-state index is 0.0143. The Kier molecular flexibility index (Phi) is 7.33. The third-order valence-corrected chi connectivity index (χ3v) is 9.24. The number of aryl methyl sites for hydroxylation is 2. The summed E-state index contributed by atoms with van der Waals surface area (Å²) in [6, 6.07) is 12.7. The van der Waals surface area contributed by atoms with Crippen LogP contribution in [0.25, 0.3) is 5.65 Å². The van der Waals surface area contributed by atoms with Crippen molar-refractivity contribution < 1.29 is 9.59 Å². The van der Waals surface area contributed by atoms with Crippen molar-refractivity contribution in [3.63, 3.8) is 0 Å². The van der Waals surface area contributed by atoms with Crippen molar-refractivity contribution in [1.82, 2.24) is 39.5 Å². The molecule has 40 heavy (non-hydrogen) atoms. The molecule has 2 saturated heterocycles. The largest absolute Gasteiger partial charge is 0.337 e. The van der Waals surface area contributed by atoms with Crippen LogP contribution in [0.5, 0.6) is 0 Å². The van der Waals surface area contributed by atoms with Crippen molar-refractivity contribution in [2.75, 3.05) is 39.3 Å². The molecule has 0 radical (unpaired) electrons. The van der Waals surface area contributed by atoms with Gasteiger partial charge in [-0.3, -0.25) is 14.5 Å². The van der Waals surface area contributed by atoms with Gasteiger partial charge in [-0.25, -0.2) is 9.50 Å². The lowest BCUT2D eigenvalue weighted by Crippen LogP contribution is -2.49. The first-order valence-electron chi connectivity index (χ1n) is 13.9. The molecule has 0 N–H and O–H groups in total. The fourth-order valence-electron chi connectivity index (χ4n) is 5.74. The zero-order valence-electron chi connectivity index (χ0n) is 23.2. The van der Waals surface area contributed by atoms with E-state index in [4.69, 9.17) is 4.98 Å². The molecule has 3 aromatic heterocycles. The molecule has 10 nitrogen and oxygen atoms in total. The molecule has 2 amide bonds. The number of nitrogens with zero attached hydrogens (tertiary/aromatic N) is 8. The molecule has 208 valence electrons. The van der Waals surface area contributed by atoms with Crippen LogP contribution in [0.1, 0.15) is 74.7 Å². The molecule has 5 heterocycles. The molecule has 0 saturated carbocycles. The molecule has 1 aromatic carbocycles. The Bertz CT molecular complexity index is 1520. The number of benzene rings is 1. The maximum atomic E-state index is 13.2. The van der Waals surface area contributed by atoms with Crippen LogP contribution in [0.3, 0.4) is 0 Å². The number of hydrogen-bond acceptors (Lipinski definition) is 8. The lowest BCUT2D eigenvalue weighted by atomic mass is 9.97. The van der Waals surface area contributed by atoms with Crippen LogP contribution in [0.15, 0.2) is 41.8 Å². The highest BCUT2D eigenvalue weighted by Crippen LogP contribution is 2.31. The van der Waals surface area contributed by atoms with Crippen LogP contribution in [0.2, 0.25) is 0 Å². The van der Waals surface area contributed by atoms with E-state index in [2.05, 4.69) is 51.4 Å². The number of fused-ring (bicyclic) bond motifs is 1. The van der Waals surface area contributed by atoms with E-state index in [1.807, 2.05) is 41.2 Å². The van der Waals surface area contributed by atoms with Crippen LogP contribution >= 0.6 is 11.3 Å². The highest BCUT2D eigenvalue weighted by molar-refractivity contribution is 7.09. The van der Waals surface area contributed by atoms with E-state index in [0.717, 1.165) is 36.6 Å². The predicted molar refractivity (Wildman–Crippen MR) is 153 cm³/mol. The average Bonchev–Trinajstić information content (AvgIpc) is 3.64. The number of rotatable bonds is 5. The maximum absolute atomic E-state index is 13.2. The number of aromatic nitrogens is 5. The van der Waals surface area contributed by atoms with Crippen molar-refractivity contribution in [2.45, 2.75) is 45.6 Å². The molecule has 11 heteroatoms. The van der Waals surface area contributed by atoms with Gasteiger partial charge in [0.15, 0.2) is 11.3 Å². The first kappa shape index (κ1) is 26.5. The number of carbonyl (C=O) groups is 2. The quantitative estimate of drug-likeness (QED) is 0.368. The highest BCUT2D eigenvalue weighted by atomic mass is 32.1. The van der Waals surface area contributed by atoms with Crippen molar-refractivity contribution in [2.24, 2.45) is 0 Å². The summed E-state index contributed by atoms with van der Waals surface area (Å²) in [4.78, 5) is 37.5. The topological polar surface area (TPSA) is 99.8 Å². The Hall–Kier alpha value is -3.70. The Balaban J connectivity index is 1.03. The summed E-state index contributed by atoms with van der Waals surface area (Å²) in [5.41, 5.74) is 4.36.